The number of halogens is 1. The number of ether oxygens (including phenoxy) is 1. The summed E-state index contributed by atoms with van der Waals surface area (Å²) in [7, 11) is 0. The molecule has 0 radical (unpaired) electrons. The molecule has 1 aromatic carbocycles. The van der Waals surface area contributed by atoms with Gasteiger partial charge in [0.2, 0.25) is 0 Å². The summed E-state index contributed by atoms with van der Waals surface area (Å²) in [5, 5.41) is 4.10. The monoisotopic (exact) mass is 332 g/mol. The molecule has 0 saturated carbocycles. The molecular weight excluding hydrogens is 312 g/mol. The molecule has 1 aromatic heterocycles. The van der Waals surface area contributed by atoms with E-state index in [-0.39, 0.29) is 0 Å². The van der Waals surface area contributed by atoms with Gasteiger partial charge in [-0.25, -0.2) is 4.98 Å². The molecule has 1 aliphatic heterocycles. The Kier molecular flexibility index (Phi) is 5.80. The zero-order valence-electron chi connectivity index (χ0n) is 13.0. The Morgan fingerprint density at radius 3 is 2.83 bits per heavy atom. The molecule has 2 aromatic rings. The average Bonchev–Trinajstić information content (AvgIpc) is 2.60. The van der Waals surface area contributed by atoms with Gasteiger partial charge in [0.15, 0.2) is 5.82 Å². The predicted octanol–water partition coefficient (Wildman–Crippen LogP) is 2.93. The van der Waals surface area contributed by atoms with Crippen LogP contribution in [-0.2, 0) is 4.74 Å². The maximum Gasteiger partial charge on any atom is 0.152 e. The van der Waals surface area contributed by atoms with Gasteiger partial charge in [0.1, 0.15) is 5.69 Å². The number of hydrogen-bond acceptors (Lipinski definition) is 5. The van der Waals surface area contributed by atoms with Gasteiger partial charge in [-0.3, -0.25) is 9.88 Å². The molecule has 2 heterocycles. The van der Waals surface area contributed by atoms with Gasteiger partial charge in [0, 0.05) is 42.6 Å². The maximum atomic E-state index is 6.08. The summed E-state index contributed by atoms with van der Waals surface area (Å²) >= 11 is 6.08. The van der Waals surface area contributed by atoms with Gasteiger partial charge in [0.05, 0.1) is 13.2 Å². The number of morpholine rings is 1. The Hall–Kier alpha value is -1.69. The molecule has 3 rings (SSSR count). The smallest absolute Gasteiger partial charge is 0.152 e. The van der Waals surface area contributed by atoms with Crippen LogP contribution >= 0.6 is 11.6 Å². The van der Waals surface area contributed by atoms with Crippen molar-refractivity contribution in [1.29, 1.82) is 0 Å². The summed E-state index contributed by atoms with van der Waals surface area (Å²) in [5.41, 5.74) is 1.81. The van der Waals surface area contributed by atoms with Gasteiger partial charge >= 0.3 is 0 Å². The van der Waals surface area contributed by atoms with Crippen molar-refractivity contribution in [3.63, 3.8) is 0 Å². The molecule has 0 spiro atoms. The molecular formula is C17H21ClN4O. The second-order valence-corrected chi connectivity index (χ2v) is 5.93. The van der Waals surface area contributed by atoms with Gasteiger partial charge in [-0.2, -0.15) is 0 Å². The van der Waals surface area contributed by atoms with E-state index in [0.717, 1.165) is 62.9 Å². The van der Waals surface area contributed by atoms with Crippen LogP contribution in [0.3, 0.4) is 0 Å². The maximum absolute atomic E-state index is 6.08. The standard InChI is InChI=1S/C17H21ClN4O/c18-15-4-1-3-14(13-15)16-17(21-7-6-19-16)20-5-2-8-22-9-11-23-12-10-22/h1,3-4,6-7,13H,2,5,8-12H2,(H,20,21). The van der Waals surface area contributed by atoms with Crippen LogP contribution in [0.2, 0.25) is 5.02 Å². The highest BCUT2D eigenvalue weighted by Gasteiger charge is 2.10. The average molecular weight is 333 g/mol. The zero-order chi connectivity index (χ0) is 15.9. The lowest BCUT2D eigenvalue weighted by atomic mass is 10.1. The van der Waals surface area contributed by atoms with Crippen molar-refractivity contribution in [2.45, 2.75) is 6.42 Å². The van der Waals surface area contributed by atoms with Crippen LogP contribution in [0.4, 0.5) is 5.82 Å². The van der Waals surface area contributed by atoms with E-state index >= 15 is 0 Å². The number of nitrogens with one attached hydrogen (secondary N) is 1. The second kappa shape index (κ2) is 8.24. The second-order valence-electron chi connectivity index (χ2n) is 5.50. The van der Waals surface area contributed by atoms with E-state index in [0.29, 0.717) is 5.02 Å². The first-order chi connectivity index (χ1) is 11.3. The molecule has 1 aliphatic rings. The third kappa shape index (κ3) is 4.64. The van der Waals surface area contributed by atoms with Crippen LogP contribution in [-0.4, -0.2) is 54.3 Å². The van der Waals surface area contributed by atoms with Crippen molar-refractivity contribution < 1.29 is 4.74 Å². The summed E-state index contributed by atoms with van der Waals surface area (Å²) in [6.45, 7) is 5.68. The summed E-state index contributed by atoms with van der Waals surface area (Å²) in [6, 6.07) is 7.69. The van der Waals surface area contributed by atoms with Crippen LogP contribution in [0.1, 0.15) is 6.42 Å². The fraction of sp³-hybridized carbons (Fsp3) is 0.412. The number of anilines is 1. The first-order valence-corrected chi connectivity index (χ1v) is 8.31. The van der Waals surface area contributed by atoms with Gasteiger partial charge in [-0.1, -0.05) is 23.7 Å². The molecule has 1 fully saturated rings. The molecule has 6 heteroatoms. The lowest BCUT2D eigenvalue weighted by Gasteiger charge is -2.26. The van der Waals surface area contributed by atoms with Crippen LogP contribution in [0.25, 0.3) is 11.3 Å². The van der Waals surface area contributed by atoms with E-state index in [9.17, 15) is 0 Å². The minimum Gasteiger partial charge on any atom is -0.379 e. The predicted molar refractivity (Wildman–Crippen MR) is 92.8 cm³/mol. The normalized spacial score (nSPS) is 15.5. The van der Waals surface area contributed by atoms with Crippen LogP contribution in [0.15, 0.2) is 36.7 Å². The van der Waals surface area contributed by atoms with Crippen molar-refractivity contribution in [2.75, 3.05) is 44.7 Å². The Bertz CT molecular complexity index is 631. The van der Waals surface area contributed by atoms with E-state index in [1.54, 1.807) is 12.4 Å². The van der Waals surface area contributed by atoms with E-state index in [1.165, 1.54) is 0 Å². The summed E-state index contributed by atoms with van der Waals surface area (Å²) in [6.07, 6.45) is 4.47. The van der Waals surface area contributed by atoms with Gasteiger partial charge in [0.25, 0.3) is 0 Å². The molecule has 1 saturated heterocycles. The quantitative estimate of drug-likeness (QED) is 0.824. The molecule has 0 bridgehead atoms. The van der Waals surface area contributed by atoms with Crippen molar-refractivity contribution >= 4 is 17.4 Å². The van der Waals surface area contributed by atoms with Crippen molar-refractivity contribution in [3.05, 3.63) is 41.7 Å². The zero-order valence-corrected chi connectivity index (χ0v) is 13.8. The number of aromatic nitrogens is 2. The molecule has 0 aliphatic carbocycles. The first-order valence-electron chi connectivity index (χ1n) is 7.94. The fourth-order valence-corrected chi connectivity index (χ4v) is 2.84. The van der Waals surface area contributed by atoms with E-state index in [1.807, 2.05) is 24.3 Å². The molecule has 23 heavy (non-hydrogen) atoms. The van der Waals surface area contributed by atoms with Crippen molar-refractivity contribution in [2.24, 2.45) is 0 Å². The first kappa shape index (κ1) is 16.2. The summed E-state index contributed by atoms with van der Waals surface area (Å²) < 4.78 is 5.36. The van der Waals surface area contributed by atoms with Crippen LogP contribution < -0.4 is 5.32 Å². The van der Waals surface area contributed by atoms with Crippen molar-refractivity contribution in [1.82, 2.24) is 14.9 Å². The Morgan fingerprint density at radius 2 is 2.00 bits per heavy atom. The highest BCUT2D eigenvalue weighted by molar-refractivity contribution is 6.30. The Morgan fingerprint density at radius 1 is 1.17 bits per heavy atom. The molecule has 0 unspecified atom stereocenters. The summed E-state index contributed by atoms with van der Waals surface area (Å²) in [5.74, 6) is 0.803. The molecule has 0 amide bonds. The van der Waals surface area contributed by atoms with E-state index < -0.39 is 0 Å². The van der Waals surface area contributed by atoms with E-state index in [4.69, 9.17) is 16.3 Å². The minimum atomic E-state index is 0.700. The molecule has 122 valence electrons. The van der Waals surface area contributed by atoms with E-state index in [2.05, 4.69) is 20.2 Å². The van der Waals surface area contributed by atoms with Crippen LogP contribution in [0, 0.1) is 0 Å². The summed E-state index contributed by atoms with van der Waals surface area (Å²) in [4.78, 5) is 11.3. The highest BCUT2D eigenvalue weighted by Crippen LogP contribution is 2.25. The number of hydrogen-bond donors (Lipinski definition) is 1. The third-order valence-electron chi connectivity index (χ3n) is 3.84. The SMILES string of the molecule is Clc1cccc(-c2nccnc2NCCCN2CCOCC2)c1. The largest absolute Gasteiger partial charge is 0.379 e. The number of rotatable bonds is 6. The lowest BCUT2D eigenvalue weighted by Crippen LogP contribution is -2.37. The lowest BCUT2D eigenvalue weighted by molar-refractivity contribution is 0.0378. The van der Waals surface area contributed by atoms with Gasteiger partial charge in [-0.15, -0.1) is 0 Å². The molecule has 5 nitrogen and oxygen atoms in total. The van der Waals surface area contributed by atoms with Gasteiger partial charge < -0.3 is 10.1 Å². The van der Waals surface area contributed by atoms with Crippen LogP contribution in [0.5, 0.6) is 0 Å². The topological polar surface area (TPSA) is 50.3 Å². The number of benzene rings is 1. The highest BCUT2D eigenvalue weighted by atomic mass is 35.5. The number of nitrogens with zero attached hydrogens (tertiary/aromatic N) is 3. The minimum absolute atomic E-state index is 0.700. The van der Waals surface area contributed by atoms with Crippen molar-refractivity contribution in [3.8, 4) is 11.3 Å². The molecule has 1 N–H and O–H groups in total. The molecule has 0 atom stereocenters. The Labute approximate surface area is 141 Å². The van der Waals surface area contributed by atoms with Gasteiger partial charge in [-0.05, 0) is 25.1 Å². The fourth-order valence-electron chi connectivity index (χ4n) is 2.65. The Balaban J connectivity index is 1.57. The third-order valence-corrected chi connectivity index (χ3v) is 4.08.